The zero-order chi connectivity index (χ0) is 18.7. The Bertz CT molecular complexity index is 941. The lowest BCUT2D eigenvalue weighted by Crippen LogP contribution is -2.11. The van der Waals surface area contributed by atoms with Crippen LogP contribution in [0.3, 0.4) is 0 Å². The molecule has 2 aromatic carbocycles. The number of hydrogen-bond donors (Lipinski definition) is 1. The second kappa shape index (κ2) is 8.53. The number of amides is 1. The van der Waals surface area contributed by atoms with Gasteiger partial charge < -0.3 is 0 Å². The van der Waals surface area contributed by atoms with Gasteiger partial charge in [-0.15, -0.1) is 11.3 Å². The molecule has 0 aliphatic rings. The third-order valence-corrected chi connectivity index (χ3v) is 5.79. The van der Waals surface area contributed by atoms with Crippen molar-refractivity contribution in [2.75, 3.05) is 5.32 Å². The van der Waals surface area contributed by atoms with Crippen molar-refractivity contribution in [2.45, 2.75) is 19.8 Å². The Morgan fingerprint density at radius 3 is 2.58 bits per heavy atom. The van der Waals surface area contributed by atoms with E-state index in [9.17, 15) is 4.79 Å². The molecule has 0 atom stereocenters. The van der Waals surface area contributed by atoms with Crippen LogP contribution >= 0.6 is 50.5 Å². The molecule has 3 aromatic rings. The third-order valence-electron chi connectivity index (χ3n) is 3.69. The summed E-state index contributed by atoms with van der Waals surface area (Å²) in [6.45, 7) is 2.10. The number of carbonyl (C=O) groups excluding carboxylic acids is 1. The van der Waals surface area contributed by atoms with Crippen molar-refractivity contribution in [1.82, 2.24) is 4.98 Å². The Kier molecular flexibility index (Phi) is 6.35. The smallest absolute Gasteiger partial charge is 0.257 e. The predicted molar refractivity (Wildman–Crippen MR) is 114 cm³/mol. The molecule has 1 aromatic heterocycles. The second-order valence-corrected chi connectivity index (χ2v) is 8.47. The number of halogens is 3. The summed E-state index contributed by atoms with van der Waals surface area (Å²) in [4.78, 5) is 18.2. The third kappa shape index (κ3) is 4.46. The van der Waals surface area contributed by atoms with Gasteiger partial charge in [0.1, 0.15) is 0 Å². The Morgan fingerprint density at radius 2 is 1.92 bits per heavy atom. The molecule has 7 heteroatoms. The van der Waals surface area contributed by atoms with E-state index in [1.807, 2.05) is 18.2 Å². The van der Waals surface area contributed by atoms with Gasteiger partial charge >= 0.3 is 0 Å². The Balaban J connectivity index is 1.91. The Hall–Kier alpha value is -1.40. The number of thiazole rings is 1. The second-order valence-electron chi connectivity index (χ2n) is 5.63. The van der Waals surface area contributed by atoms with Gasteiger partial charge in [-0.2, -0.15) is 0 Å². The molecule has 0 saturated carbocycles. The van der Waals surface area contributed by atoms with E-state index in [1.54, 1.807) is 24.3 Å². The van der Waals surface area contributed by atoms with Gasteiger partial charge in [-0.1, -0.05) is 52.5 Å². The minimum atomic E-state index is -0.192. The lowest BCUT2D eigenvalue weighted by molar-refractivity contribution is 0.102. The first kappa shape index (κ1) is 19.4. The molecule has 134 valence electrons. The molecule has 0 unspecified atom stereocenters. The van der Waals surface area contributed by atoms with Crippen molar-refractivity contribution in [2.24, 2.45) is 0 Å². The van der Waals surface area contributed by atoms with E-state index in [2.05, 4.69) is 33.2 Å². The summed E-state index contributed by atoms with van der Waals surface area (Å²) in [6.07, 6.45) is 1.83. The maximum absolute atomic E-state index is 12.4. The van der Waals surface area contributed by atoms with Gasteiger partial charge in [0.05, 0.1) is 10.7 Å². The SMILES string of the molecule is CCCc1sc(NC(=O)c2ccc(Br)cc2)nc1-c1ccc(Cl)cc1Cl. The monoisotopic (exact) mass is 468 g/mol. The summed E-state index contributed by atoms with van der Waals surface area (Å²) in [6, 6.07) is 12.5. The molecule has 0 fully saturated rings. The summed E-state index contributed by atoms with van der Waals surface area (Å²) in [5, 5.41) is 4.56. The van der Waals surface area contributed by atoms with E-state index in [-0.39, 0.29) is 5.91 Å². The number of aryl methyl sites for hydroxylation is 1. The summed E-state index contributed by atoms with van der Waals surface area (Å²) in [7, 11) is 0. The van der Waals surface area contributed by atoms with Gasteiger partial charge in [-0.25, -0.2) is 4.98 Å². The molecule has 0 spiro atoms. The highest BCUT2D eigenvalue weighted by Crippen LogP contribution is 2.37. The van der Waals surface area contributed by atoms with Gasteiger partial charge in [-0.05, 0) is 48.9 Å². The van der Waals surface area contributed by atoms with Crippen LogP contribution in [0.25, 0.3) is 11.3 Å². The van der Waals surface area contributed by atoms with Crippen LogP contribution in [0.5, 0.6) is 0 Å². The quantitative estimate of drug-likeness (QED) is 0.433. The van der Waals surface area contributed by atoms with E-state index < -0.39 is 0 Å². The molecule has 3 rings (SSSR count). The maximum Gasteiger partial charge on any atom is 0.257 e. The summed E-state index contributed by atoms with van der Waals surface area (Å²) < 4.78 is 0.924. The van der Waals surface area contributed by atoms with Gasteiger partial charge in [-0.3, -0.25) is 10.1 Å². The number of benzene rings is 2. The van der Waals surface area contributed by atoms with Gasteiger partial charge in [0.25, 0.3) is 5.91 Å². The van der Waals surface area contributed by atoms with E-state index in [4.69, 9.17) is 23.2 Å². The number of anilines is 1. The molecule has 0 aliphatic heterocycles. The molecule has 0 bridgehead atoms. The number of nitrogens with one attached hydrogen (secondary N) is 1. The van der Waals surface area contributed by atoms with Crippen molar-refractivity contribution in [3.8, 4) is 11.3 Å². The molecule has 1 heterocycles. The molecule has 0 aliphatic carbocycles. The normalized spacial score (nSPS) is 10.8. The van der Waals surface area contributed by atoms with E-state index >= 15 is 0 Å². The van der Waals surface area contributed by atoms with E-state index in [0.717, 1.165) is 33.4 Å². The van der Waals surface area contributed by atoms with Crippen LogP contribution in [0.15, 0.2) is 46.9 Å². The van der Waals surface area contributed by atoms with Crippen LogP contribution < -0.4 is 5.32 Å². The van der Waals surface area contributed by atoms with Crippen LogP contribution in [-0.2, 0) is 6.42 Å². The van der Waals surface area contributed by atoms with Gasteiger partial charge in [0, 0.05) is 25.5 Å². The van der Waals surface area contributed by atoms with Crippen molar-refractivity contribution >= 4 is 61.5 Å². The van der Waals surface area contributed by atoms with Crippen LogP contribution in [0.4, 0.5) is 5.13 Å². The van der Waals surface area contributed by atoms with Crippen molar-refractivity contribution in [3.05, 3.63) is 67.4 Å². The summed E-state index contributed by atoms with van der Waals surface area (Å²) in [5.41, 5.74) is 2.19. The highest BCUT2D eigenvalue weighted by molar-refractivity contribution is 9.10. The topological polar surface area (TPSA) is 42.0 Å². The number of aromatic nitrogens is 1. The van der Waals surface area contributed by atoms with Gasteiger partial charge in [0.15, 0.2) is 5.13 Å². The van der Waals surface area contributed by atoms with Crippen LogP contribution in [-0.4, -0.2) is 10.9 Å². The number of rotatable bonds is 5. The highest BCUT2D eigenvalue weighted by atomic mass is 79.9. The molecule has 1 amide bonds. The fourth-order valence-corrected chi connectivity index (χ4v) is 4.30. The minimum absolute atomic E-state index is 0.192. The molecule has 0 saturated heterocycles. The average molecular weight is 470 g/mol. The first-order chi connectivity index (χ1) is 12.5. The van der Waals surface area contributed by atoms with Gasteiger partial charge in [0.2, 0.25) is 0 Å². The standard InChI is InChI=1S/C19H15BrCl2N2OS/c1-2-3-16-17(14-9-8-13(21)10-15(14)22)23-19(26-16)24-18(25)11-4-6-12(20)7-5-11/h4-10H,2-3H2,1H3,(H,23,24,25). The number of hydrogen-bond acceptors (Lipinski definition) is 3. The number of nitrogens with zero attached hydrogens (tertiary/aromatic N) is 1. The minimum Gasteiger partial charge on any atom is -0.298 e. The van der Waals surface area contributed by atoms with Crippen LogP contribution in [0.1, 0.15) is 28.6 Å². The lowest BCUT2D eigenvalue weighted by Gasteiger charge is -2.04. The fraction of sp³-hybridized carbons (Fsp3) is 0.158. The zero-order valence-corrected chi connectivity index (χ0v) is 17.8. The van der Waals surface area contributed by atoms with Crippen LogP contribution in [0.2, 0.25) is 10.0 Å². The Morgan fingerprint density at radius 1 is 1.19 bits per heavy atom. The number of carbonyl (C=O) groups is 1. The predicted octanol–water partition coefficient (Wildman–Crippen LogP) is 7.08. The average Bonchev–Trinajstić information content (AvgIpc) is 2.98. The lowest BCUT2D eigenvalue weighted by atomic mass is 10.1. The fourth-order valence-electron chi connectivity index (χ4n) is 2.46. The summed E-state index contributed by atoms with van der Waals surface area (Å²) in [5.74, 6) is -0.192. The largest absolute Gasteiger partial charge is 0.298 e. The Labute approximate surface area is 174 Å². The van der Waals surface area contributed by atoms with Crippen molar-refractivity contribution in [3.63, 3.8) is 0 Å². The molecule has 1 N–H and O–H groups in total. The molecular weight excluding hydrogens is 455 g/mol. The zero-order valence-electron chi connectivity index (χ0n) is 13.9. The first-order valence-corrected chi connectivity index (χ1v) is 10.4. The van der Waals surface area contributed by atoms with Crippen molar-refractivity contribution < 1.29 is 4.79 Å². The molecular formula is C19H15BrCl2N2OS. The van der Waals surface area contributed by atoms with E-state index in [0.29, 0.717) is 20.7 Å². The highest BCUT2D eigenvalue weighted by Gasteiger charge is 2.17. The van der Waals surface area contributed by atoms with Crippen LogP contribution in [0, 0.1) is 0 Å². The summed E-state index contributed by atoms with van der Waals surface area (Å²) >= 11 is 17.2. The molecule has 3 nitrogen and oxygen atoms in total. The first-order valence-electron chi connectivity index (χ1n) is 8.00. The van der Waals surface area contributed by atoms with Crippen molar-refractivity contribution in [1.29, 1.82) is 0 Å². The maximum atomic E-state index is 12.4. The molecule has 26 heavy (non-hydrogen) atoms. The molecule has 0 radical (unpaired) electrons. The van der Waals surface area contributed by atoms with E-state index in [1.165, 1.54) is 11.3 Å².